The minimum Gasteiger partial charge on any atom is -0.389 e. The van der Waals surface area contributed by atoms with Crippen molar-refractivity contribution in [2.45, 2.75) is 129 Å². The molecule has 25 heavy (non-hydrogen) atoms. The van der Waals surface area contributed by atoms with Crippen LogP contribution in [0.25, 0.3) is 0 Å². The monoisotopic (exact) mass is 357 g/mol. The molecule has 2 unspecified atom stereocenters. The van der Waals surface area contributed by atoms with Crippen molar-refractivity contribution in [3.63, 3.8) is 0 Å². The SMILES string of the molecule is CCCCCCCCCCCCCCCCCCN(C)C(O)C(C)O. The maximum atomic E-state index is 9.70. The second-order valence-electron chi connectivity index (χ2n) is 7.94. The summed E-state index contributed by atoms with van der Waals surface area (Å²) in [7, 11) is 1.88. The first-order valence-electron chi connectivity index (χ1n) is 11.2. The van der Waals surface area contributed by atoms with Gasteiger partial charge in [-0.1, -0.05) is 103 Å². The number of hydrogen-bond acceptors (Lipinski definition) is 3. The number of aliphatic hydroxyl groups excluding tert-OH is 2. The largest absolute Gasteiger partial charge is 0.389 e. The number of rotatable bonds is 19. The lowest BCUT2D eigenvalue weighted by atomic mass is 10.0. The average Bonchev–Trinajstić information content (AvgIpc) is 2.60. The van der Waals surface area contributed by atoms with Gasteiger partial charge in [-0.25, -0.2) is 0 Å². The van der Waals surface area contributed by atoms with Gasteiger partial charge in [-0.05, 0) is 20.4 Å². The zero-order valence-electron chi connectivity index (χ0n) is 17.5. The highest BCUT2D eigenvalue weighted by molar-refractivity contribution is 4.62. The molecular formula is C22H47NO2. The normalized spacial score (nSPS) is 14.2. The van der Waals surface area contributed by atoms with Crippen LogP contribution in [0.2, 0.25) is 0 Å². The van der Waals surface area contributed by atoms with E-state index in [9.17, 15) is 10.2 Å². The highest BCUT2D eigenvalue weighted by Gasteiger charge is 2.15. The molecule has 152 valence electrons. The minimum atomic E-state index is -0.726. The van der Waals surface area contributed by atoms with Crippen molar-refractivity contribution in [2.75, 3.05) is 13.6 Å². The number of nitrogens with zero attached hydrogens (tertiary/aromatic N) is 1. The van der Waals surface area contributed by atoms with E-state index in [1.54, 1.807) is 6.92 Å². The van der Waals surface area contributed by atoms with Crippen LogP contribution < -0.4 is 0 Å². The van der Waals surface area contributed by atoms with E-state index in [4.69, 9.17) is 0 Å². The predicted molar refractivity (Wildman–Crippen MR) is 110 cm³/mol. The number of aliphatic hydroxyl groups is 2. The maximum Gasteiger partial charge on any atom is 0.133 e. The van der Waals surface area contributed by atoms with Crippen LogP contribution in [0.3, 0.4) is 0 Å². The van der Waals surface area contributed by atoms with Gasteiger partial charge in [0, 0.05) is 6.54 Å². The van der Waals surface area contributed by atoms with E-state index < -0.39 is 12.3 Å². The Hall–Kier alpha value is -0.120. The molecule has 0 fully saturated rings. The summed E-state index contributed by atoms with van der Waals surface area (Å²) in [4.78, 5) is 1.84. The summed E-state index contributed by atoms with van der Waals surface area (Å²) in [5.74, 6) is 0. The van der Waals surface area contributed by atoms with Crippen LogP contribution >= 0.6 is 0 Å². The molecule has 0 aromatic heterocycles. The Morgan fingerprint density at radius 2 is 0.920 bits per heavy atom. The molecule has 0 aromatic carbocycles. The summed E-state index contributed by atoms with van der Waals surface area (Å²) in [6.07, 6.45) is 20.6. The van der Waals surface area contributed by atoms with Crippen molar-refractivity contribution in [3.05, 3.63) is 0 Å². The lowest BCUT2D eigenvalue weighted by molar-refractivity contribution is -0.0644. The minimum absolute atomic E-state index is 0.675. The summed E-state index contributed by atoms with van der Waals surface area (Å²) < 4.78 is 0. The molecule has 3 nitrogen and oxygen atoms in total. The summed E-state index contributed by atoms with van der Waals surface area (Å²) in [5.41, 5.74) is 0. The summed E-state index contributed by atoms with van der Waals surface area (Å²) >= 11 is 0. The van der Waals surface area contributed by atoms with Crippen molar-refractivity contribution in [3.8, 4) is 0 Å². The second-order valence-corrected chi connectivity index (χ2v) is 7.94. The van der Waals surface area contributed by atoms with Crippen LogP contribution in [0, 0.1) is 0 Å². The van der Waals surface area contributed by atoms with Crippen LogP contribution in [0.1, 0.15) is 117 Å². The fraction of sp³-hybridized carbons (Fsp3) is 1.00. The van der Waals surface area contributed by atoms with E-state index in [-0.39, 0.29) is 0 Å². The Morgan fingerprint density at radius 1 is 0.600 bits per heavy atom. The molecule has 0 rings (SSSR count). The van der Waals surface area contributed by atoms with Gasteiger partial charge >= 0.3 is 0 Å². The molecule has 2 atom stereocenters. The molecular weight excluding hydrogens is 310 g/mol. The fourth-order valence-corrected chi connectivity index (χ4v) is 3.41. The molecule has 0 aliphatic heterocycles. The Balaban J connectivity index is 3.14. The molecule has 0 amide bonds. The first-order chi connectivity index (χ1) is 12.1. The van der Waals surface area contributed by atoms with Gasteiger partial charge in [0.2, 0.25) is 0 Å². The summed E-state index contributed by atoms with van der Waals surface area (Å²) in [5, 5.41) is 19.0. The van der Waals surface area contributed by atoms with Gasteiger partial charge < -0.3 is 10.2 Å². The van der Waals surface area contributed by atoms with Gasteiger partial charge in [0.15, 0.2) is 0 Å². The van der Waals surface area contributed by atoms with E-state index in [1.807, 2.05) is 11.9 Å². The van der Waals surface area contributed by atoms with Crippen LogP contribution in [0.4, 0.5) is 0 Å². The van der Waals surface area contributed by atoms with E-state index >= 15 is 0 Å². The molecule has 2 N–H and O–H groups in total. The van der Waals surface area contributed by atoms with Gasteiger partial charge in [0.25, 0.3) is 0 Å². The van der Waals surface area contributed by atoms with E-state index in [0.29, 0.717) is 0 Å². The second kappa shape index (κ2) is 18.7. The predicted octanol–water partition coefficient (Wildman–Crippen LogP) is 5.88. The Labute approximate surface area is 158 Å². The van der Waals surface area contributed by atoms with Crippen LogP contribution in [-0.4, -0.2) is 41.0 Å². The zero-order valence-corrected chi connectivity index (χ0v) is 17.5. The first-order valence-corrected chi connectivity index (χ1v) is 11.2. The standard InChI is InChI=1S/C22H47NO2/c1-4-5-6-7-8-9-10-11-12-13-14-15-16-17-18-19-20-23(3)22(25)21(2)24/h21-22,24-25H,4-20H2,1-3H3. The van der Waals surface area contributed by atoms with Crippen LogP contribution in [-0.2, 0) is 0 Å². The molecule has 0 bridgehead atoms. The Bertz CT molecular complexity index is 258. The fourth-order valence-electron chi connectivity index (χ4n) is 3.41. The highest BCUT2D eigenvalue weighted by atomic mass is 16.3. The van der Waals surface area contributed by atoms with E-state index in [0.717, 1.165) is 13.0 Å². The lowest BCUT2D eigenvalue weighted by Gasteiger charge is -2.25. The molecule has 0 aliphatic carbocycles. The molecule has 0 heterocycles. The quantitative estimate of drug-likeness (QED) is 0.224. The maximum absolute atomic E-state index is 9.70. The summed E-state index contributed by atoms with van der Waals surface area (Å²) in [6.45, 7) is 4.78. The van der Waals surface area contributed by atoms with Gasteiger partial charge in [-0.15, -0.1) is 0 Å². The smallest absolute Gasteiger partial charge is 0.133 e. The number of likely N-dealkylation sites (N-methyl/N-ethyl adjacent to an activating group) is 1. The van der Waals surface area contributed by atoms with Gasteiger partial charge in [0.1, 0.15) is 6.23 Å². The Morgan fingerprint density at radius 3 is 1.24 bits per heavy atom. The highest BCUT2D eigenvalue weighted by Crippen LogP contribution is 2.14. The molecule has 0 radical (unpaired) electrons. The molecule has 3 heteroatoms. The molecule has 0 spiro atoms. The molecule has 0 aromatic rings. The third-order valence-corrected chi connectivity index (χ3v) is 5.25. The van der Waals surface area contributed by atoms with Crippen molar-refractivity contribution < 1.29 is 10.2 Å². The van der Waals surface area contributed by atoms with Crippen molar-refractivity contribution in [2.24, 2.45) is 0 Å². The first kappa shape index (κ1) is 24.9. The third kappa shape index (κ3) is 17.1. The molecule has 0 saturated heterocycles. The van der Waals surface area contributed by atoms with Gasteiger partial charge in [-0.3, -0.25) is 4.90 Å². The zero-order chi connectivity index (χ0) is 18.8. The van der Waals surface area contributed by atoms with Gasteiger partial charge in [-0.2, -0.15) is 0 Å². The van der Waals surface area contributed by atoms with Crippen molar-refractivity contribution >= 4 is 0 Å². The van der Waals surface area contributed by atoms with Crippen molar-refractivity contribution in [1.29, 1.82) is 0 Å². The number of unbranched alkanes of at least 4 members (excludes halogenated alkanes) is 15. The number of hydrogen-bond donors (Lipinski definition) is 2. The van der Waals surface area contributed by atoms with E-state index in [1.165, 1.54) is 96.3 Å². The van der Waals surface area contributed by atoms with Gasteiger partial charge in [0.05, 0.1) is 6.10 Å². The van der Waals surface area contributed by atoms with Crippen LogP contribution in [0.15, 0.2) is 0 Å². The molecule has 0 aliphatic rings. The Kier molecular flexibility index (Phi) is 18.6. The topological polar surface area (TPSA) is 43.7 Å². The van der Waals surface area contributed by atoms with E-state index in [2.05, 4.69) is 6.92 Å². The van der Waals surface area contributed by atoms with Crippen LogP contribution in [0.5, 0.6) is 0 Å². The lowest BCUT2D eigenvalue weighted by Crippen LogP contribution is -2.40. The average molecular weight is 358 g/mol. The van der Waals surface area contributed by atoms with Crippen molar-refractivity contribution in [1.82, 2.24) is 4.90 Å². The third-order valence-electron chi connectivity index (χ3n) is 5.25. The molecule has 0 saturated carbocycles. The summed E-state index contributed by atoms with van der Waals surface area (Å²) in [6, 6.07) is 0.